The molecule has 0 spiro atoms. The Morgan fingerprint density at radius 3 is 1.76 bits per heavy atom. The van der Waals surface area contributed by atoms with E-state index in [1.807, 2.05) is 0 Å². The number of nitrogens with one attached hydrogen (secondary N) is 1. The Balaban J connectivity index is 1.61. The Morgan fingerprint density at radius 2 is 1.16 bits per heavy atom. The van der Waals surface area contributed by atoms with E-state index in [1.54, 1.807) is 0 Å². The van der Waals surface area contributed by atoms with E-state index in [1.165, 1.54) is 48.5 Å². The molecule has 5 rings (SSSR count). The van der Waals surface area contributed by atoms with Gasteiger partial charge in [-0.25, -0.2) is 0 Å². The van der Waals surface area contributed by atoms with E-state index in [4.69, 9.17) is 9.11 Å². The zero-order chi connectivity index (χ0) is 36.6. The Kier molecular flexibility index (Phi) is 9.75. The van der Waals surface area contributed by atoms with Crippen LogP contribution in [0.15, 0.2) is 114 Å². The second-order valence-corrected chi connectivity index (χ2v) is 16.2. The minimum absolute atomic E-state index is 0.000975. The highest BCUT2D eigenvalue weighted by Crippen LogP contribution is 2.43. The molecule has 18 nitrogen and oxygen atoms in total. The number of hydrogen-bond acceptors (Lipinski definition) is 14. The molecule has 0 aromatic heterocycles. The van der Waals surface area contributed by atoms with E-state index in [0.29, 0.717) is 0 Å². The number of azo groups is 2. The SMILES string of the molecule is O=S(=O)(O)CCNc1ccc2cc(S(=O)(=O)O)c(N=Nc3ccc(N=Nc4ccc(S(=O)(=O)O)cc4)c4ccc(S(=O)(=O)O)cc34)c(O)c2c1. The van der Waals surface area contributed by atoms with Crippen LogP contribution in [0, 0.1) is 0 Å². The number of phenolic OH excluding ortho intramolecular Hbond substituents is 1. The van der Waals surface area contributed by atoms with E-state index in [-0.39, 0.29) is 55.7 Å². The normalized spacial score (nSPS) is 13.1. The molecular formula is C28H23N5O13S4. The van der Waals surface area contributed by atoms with E-state index in [9.17, 15) is 47.9 Å². The van der Waals surface area contributed by atoms with Crippen LogP contribution in [0.1, 0.15) is 0 Å². The van der Waals surface area contributed by atoms with Crippen molar-refractivity contribution in [1.82, 2.24) is 0 Å². The van der Waals surface area contributed by atoms with Crippen molar-refractivity contribution in [2.75, 3.05) is 17.6 Å². The van der Waals surface area contributed by atoms with Crippen LogP contribution in [0.25, 0.3) is 21.5 Å². The first kappa shape index (κ1) is 36.3. The lowest BCUT2D eigenvalue weighted by Gasteiger charge is -2.11. The Labute approximate surface area is 283 Å². The van der Waals surface area contributed by atoms with Crippen LogP contribution in [0.5, 0.6) is 5.75 Å². The van der Waals surface area contributed by atoms with Gasteiger partial charge in [0.2, 0.25) is 0 Å². The first-order chi connectivity index (χ1) is 23.2. The van der Waals surface area contributed by atoms with Gasteiger partial charge in [0, 0.05) is 28.4 Å². The molecule has 22 heteroatoms. The van der Waals surface area contributed by atoms with Gasteiger partial charge in [-0.3, -0.25) is 18.2 Å². The summed E-state index contributed by atoms with van der Waals surface area (Å²) >= 11 is 0. The van der Waals surface area contributed by atoms with Crippen molar-refractivity contribution in [3.8, 4) is 5.75 Å². The predicted molar refractivity (Wildman–Crippen MR) is 179 cm³/mol. The monoisotopic (exact) mass is 765 g/mol. The van der Waals surface area contributed by atoms with Crippen molar-refractivity contribution >= 4 is 90.5 Å². The van der Waals surface area contributed by atoms with Crippen LogP contribution in [0.3, 0.4) is 0 Å². The van der Waals surface area contributed by atoms with Crippen LogP contribution in [-0.2, 0) is 40.5 Å². The van der Waals surface area contributed by atoms with Gasteiger partial charge in [0.05, 0.1) is 32.6 Å². The van der Waals surface area contributed by atoms with Crippen molar-refractivity contribution in [2.24, 2.45) is 20.5 Å². The second-order valence-electron chi connectivity index (χ2n) is 10.4. The third-order valence-electron chi connectivity index (χ3n) is 6.93. The molecule has 6 N–H and O–H groups in total. The fraction of sp³-hybridized carbons (Fsp3) is 0.0714. The van der Waals surface area contributed by atoms with Gasteiger partial charge >= 0.3 is 0 Å². The van der Waals surface area contributed by atoms with E-state index < -0.39 is 67.5 Å². The van der Waals surface area contributed by atoms with Crippen molar-refractivity contribution in [3.63, 3.8) is 0 Å². The molecule has 0 heterocycles. The fourth-order valence-electron chi connectivity index (χ4n) is 4.60. The third kappa shape index (κ3) is 8.43. The van der Waals surface area contributed by atoms with Gasteiger partial charge in [-0.15, -0.1) is 15.3 Å². The van der Waals surface area contributed by atoms with Crippen molar-refractivity contribution < 1.29 is 57.0 Å². The van der Waals surface area contributed by atoms with Crippen LogP contribution in [-0.4, -0.2) is 69.3 Å². The number of benzene rings is 5. The molecule has 0 aliphatic heterocycles. The number of fused-ring (bicyclic) bond motifs is 2. The molecule has 0 aliphatic rings. The zero-order valence-electron chi connectivity index (χ0n) is 24.8. The lowest BCUT2D eigenvalue weighted by atomic mass is 10.1. The van der Waals surface area contributed by atoms with Gasteiger partial charge in [-0.1, -0.05) is 12.1 Å². The summed E-state index contributed by atoms with van der Waals surface area (Å²) < 4.78 is 131. The molecule has 50 heavy (non-hydrogen) atoms. The average Bonchev–Trinajstić information content (AvgIpc) is 3.01. The quantitative estimate of drug-likeness (QED) is 0.0708. The zero-order valence-corrected chi connectivity index (χ0v) is 28.1. The van der Waals surface area contributed by atoms with E-state index in [2.05, 4.69) is 25.8 Å². The van der Waals surface area contributed by atoms with E-state index >= 15 is 0 Å². The lowest BCUT2D eigenvalue weighted by molar-refractivity contribution is 0.472. The van der Waals surface area contributed by atoms with Crippen LogP contribution in [0.2, 0.25) is 0 Å². The molecule has 0 radical (unpaired) electrons. The molecule has 0 saturated heterocycles. The Hall–Kier alpha value is -4.94. The molecule has 0 bridgehead atoms. The Morgan fingerprint density at radius 1 is 0.560 bits per heavy atom. The van der Waals surface area contributed by atoms with Gasteiger partial charge in [-0.05, 0) is 72.1 Å². The smallest absolute Gasteiger partial charge is 0.296 e. The maximum absolute atomic E-state index is 12.3. The molecule has 0 aliphatic carbocycles. The molecule has 0 atom stereocenters. The lowest BCUT2D eigenvalue weighted by Crippen LogP contribution is -2.14. The minimum Gasteiger partial charge on any atom is -0.505 e. The predicted octanol–water partition coefficient (Wildman–Crippen LogP) is 5.57. The van der Waals surface area contributed by atoms with Crippen molar-refractivity contribution in [1.29, 1.82) is 0 Å². The highest BCUT2D eigenvalue weighted by molar-refractivity contribution is 7.86. The number of nitrogens with zero attached hydrogens (tertiary/aromatic N) is 4. The van der Waals surface area contributed by atoms with Gasteiger partial charge in [0.25, 0.3) is 40.5 Å². The number of rotatable bonds is 11. The summed E-state index contributed by atoms with van der Waals surface area (Å²) in [5.74, 6) is -1.39. The largest absolute Gasteiger partial charge is 0.505 e. The first-order valence-corrected chi connectivity index (χ1v) is 19.6. The summed E-state index contributed by atoms with van der Waals surface area (Å²) in [6, 6.07) is 15.8. The van der Waals surface area contributed by atoms with Gasteiger partial charge < -0.3 is 10.4 Å². The third-order valence-corrected chi connectivity index (χ3v) is 10.2. The second kappa shape index (κ2) is 13.4. The van der Waals surface area contributed by atoms with Crippen LogP contribution in [0.4, 0.5) is 28.4 Å². The summed E-state index contributed by atoms with van der Waals surface area (Å²) in [7, 11) is -18.5. The molecule has 262 valence electrons. The topological polar surface area (TPSA) is 299 Å². The van der Waals surface area contributed by atoms with Gasteiger partial charge in [-0.2, -0.15) is 38.8 Å². The summed E-state index contributed by atoms with van der Waals surface area (Å²) in [5, 5.41) is 30.2. The minimum atomic E-state index is -5.02. The summed E-state index contributed by atoms with van der Waals surface area (Å²) in [6.45, 7) is -0.213. The van der Waals surface area contributed by atoms with Gasteiger partial charge in [0.1, 0.15) is 10.6 Å². The van der Waals surface area contributed by atoms with Crippen LogP contribution < -0.4 is 5.32 Å². The summed E-state index contributed by atoms with van der Waals surface area (Å²) in [6.07, 6.45) is 0. The molecule has 0 saturated carbocycles. The van der Waals surface area contributed by atoms with Crippen LogP contribution >= 0.6 is 0 Å². The highest BCUT2D eigenvalue weighted by atomic mass is 32.2. The molecule has 0 amide bonds. The van der Waals surface area contributed by atoms with Gasteiger partial charge in [0.15, 0.2) is 5.75 Å². The van der Waals surface area contributed by atoms with Crippen molar-refractivity contribution in [3.05, 3.63) is 78.9 Å². The average molecular weight is 766 g/mol. The maximum Gasteiger partial charge on any atom is 0.296 e. The number of aromatic hydroxyl groups is 1. The summed E-state index contributed by atoms with van der Waals surface area (Å²) in [4.78, 5) is -1.78. The molecule has 5 aromatic carbocycles. The highest BCUT2D eigenvalue weighted by Gasteiger charge is 2.23. The van der Waals surface area contributed by atoms with E-state index in [0.717, 1.165) is 30.3 Å². The van der Waals surface area contributed by atoms with Crippen molar-refractivity contribution in [2.45, 2.75) is 14.7 Å². The molecule has 0 unspecified atom stereocenters. The number of phenols is 1. The molecule has 5 aromatic rings. The molecular weight excluding hydrogens is 743 g/mol. The number of hydrogen-bond donors (Lipinski definition) is 6. The fourth-order valence-corrected chi connectivity index (χ4v) is 6.60. The molecule has 0 fully saturated rings. The number of anilines is 1. The Bertz CT molecular complexity index is 2680. The first-order valence-electron chi connectivity index (χ1n) is 13.6. The summed E-state index contributed by atoms with van der Waals surface area (Å²) in [5.41, 5.74) is -0.275. The maximum atomic E-state index is 12.3. The standard InChI is InChI=1S/C28H23N5O13S4/c34-28-22-14-18(29-11-12-47(35,36)37)2-1-16(22)13-26(50(44,45)46)27(28)33-32-25-10-9-24(21-8-7-20(15-23(21)25)49(41,42)43)31-30-17-3-5-19(6-4-17)48(38,39)40/h1-10,13-15,29,34H,11-12H2,(H,35,36,37)(H,38,39,40)(H,41,42,43)(H,44,45,46).